The summed E-state index contributed by atoms with van der Waals surface area (Å²) in [6, 6.07) is 0. The molecule has 0 saturated heterocycles. The summed E-state index contributed by atoms with van der Waals surface area (Å²) >= 11 is 0. The minimum absolute atomic E-state index is 0.532. The molecular formula is C7H11BO4. The van der Waals surface area contributed by atoms with Crippen LogP contribution in [0.4, 0.5) is 0 Å². The molecule has 1 N–H and O–H groups in total. The van der Waals surface area contributed by atoms with Gasteiger partial charge in [-0.2, -0.15) is 0 Å². The topological polar surface area (TPSA) is 51.8 Å². The fourth-order valence-electron chi connectivity index (χ4n) is 0.886. The zero-order valence-electron chi connectivity index (χ0n) is 7.33. The van der Waals surface area contributed by atoms with Crippen molar-refractivity contribution in [3.8, 4) is 5.75 Å². The van der Waals surface area contributed by atoms with E-state index in [4.69, 9.17) is 14.1 Å². The summed E-state index contributed by atoms with van der Waals surface area (Å²) in [5, 5.41) is 8.99. The first kappa shape index (κ1) is 9.16. The van der Waals surface area contributed by atoms with Crippen molar-refractivity contribution in [2.45, 2.75) is 13.8 Å². The molecule has 4 nitrogen and oxygen atoms in total. The third-order valence-corrected chi connectivity index (χ3v) is 1.51. The van der Waals surface area contributed by atoms with Crippen molar-refractivity contribution in [3.63, 3.8) is 0 Å². The monoisotopic (exact) mass is 170 g/mol. The normalized spacial score (nSPS) is 10.0. The van der Waals surface area contributed by atoms with Crippen LogP contribution in [0.3, 0.4) is 0 Å². The minimum atomic E-state index is -1.24. The molecular weight excluding hydrogens is 159 g/mol. The molecule has 0 aliphatic carbocycles. The van der Waals surface area contributed by atoms with E-state index in [2.05, 4.69) is 4.65 Å². The van der Waals surface area contributed by atoms with Gasteiger partial charge >= 0.3 is 7.32 Å². The molecule has 0 aromatic carbocycles. The van der Waals surface area contributed by atoms with Crippen LogP contribution in [-0.4, -0.2) is 19.5 Å². The van der Waals surface area contributed by atoms with Crippen LogP contribution in [0.15, 0.2) is 10.7 Å². The van der Waals surface area contributed by atoms with Crippen LogP contribution in [0, 0.1) is 13.8 Å². The van der Waals surface area contributed by atoms with Gasteiger partial charge in [-0.3, -0.25) is 0 Å². The fraction of sp³-hybridized carbons (Fsp3) is 0.429. The summed E-state index contributed by atoms with van der Waals surface area (Å²) in [7, 11) is 0.120. The second kappa shape index (κ2) is 3.64. The van der Waals surface area contributed by atoms with E-state index >= 15 is 0 Å². The molecule has 0 amide bonds. The predicted octanol–water partition coefficient (Wildman–Crippen LogP) is 0.899. The van der Waals surface area contributed by atoms with E-state index in [1.54, 1.807) is 13.2 Å². The molecule has 1 heterocycles. The Labute approximate surface area is 71.3 Å². The molecule has 1 aromatic rings. The summed E-state index contributed by atoms with van der Waals surface area (Å²) in [6.45, 7) is 3.58. The van der Waals surface area contributed by atoms with Gasteiger partial charge in [-0.1, -0.05) is 0 Å². The maximum atomic E-state index is 8.99. The first-order chi connectivity index (χ1) is 5.65. The van der Waals surface area contributed by atoms with Crippen molar-refractivity contribution in [1.82, 2.24) is 0 Å². The summed E-state index contributed by atoms with van der Waals surface area (Å²) in [4.78, 5) is 0. The van der Waals surface area contributed by atoms with Gasteiger partial charge in [-0.15, -0.1) is 0 Å². The van der Waals surface area contributed by atoms with Gasteiger partial charge in [-0.05, 0) is 13.8 Å². The number of hydrogen-bond acceptors (Lipinski definition) is 4. The highest BCUT2D eigenvalue weighted by Gasteiger charge is 2.19. The van der Waals surface area contributed by atoms with Crippen LogP contribution < -0.4 is 4.65 Å². The Hall–Kier alpha value is -0.935. The molecule has 1 rings (SSSR count). The average Bonchev–Trinajstić information content (AvgIpc) is 2.35. The second-order valence-electron chi connectivity index (χ2n) is 2.46. The zero-order chi connectivity index (χ0) is 9.14. The number of furan rings is 1. The van der Waals surface area contributed by atoms with E-state index in [0.29, 0.717) is 11.5 Å². The Kier molecular flexibility index (Phi) is 2.78. The van der Waals surface area contributed by atoms with E-state index in [9.17, 15) is 0 Å². The molecule has 0 radical (unpaired) electrons. The Bertz CT molecular complexity index is 238. The van der Waals surface area contributed by atoms with E-state index in [-0.39, 0.29) is 0 Å². The highest BCUT2D eigenvalue weighted by Crippen LogP contribution is 2.24. The van der Waals surface area contributed by atoms with Gasteiger partial charge < -0.3 is 18.7 Å². The van der Waals surface area contributed by atoms with Crippen molar-refractivity contribution in [3.05, 3.63) is 17.6 Å². The van der Waals surface area contributed by atoms with Crippen LogP contribution in [0.2, 0.25) is 0 Å². The van der Waals surface area contributed by atoms with Crippen molar-refractivity contribution in [2.24, 2.45) is 0 Å². The third kappa shape index (κ3) is 1.81. The van der Waals surface area contributed by atoms with Crippen LogP contribution >= 0.6 is 0 Å². The number of hydrogen-bond donors (Lipinski definition) is 1. The first-order valence-electron chi connectivity index (χ1n) is 3.57. The second-order valence-corrected chi connectivity index (χ2v) is 2.46. The SMILES string of the molecule is COB(O)Oc1c(C)coc1C. The Morgan fingerprint density at radius 1 is 1.50 bits per heavy atom. The minimum Gasteiger partial charge on any atom is -0.509 e. The standard InChI is InChI=1S/C7H11BO4/c1-5-4-11-6(2)7(5)12-8(9)10-3/h4,9H,1-3H3. The maximum Gasteiger partial charge on any atom is 0.710 e. The molecule has 12 heavy (non-hydrogen) atoms. The molecule has 0 fully saturated rings. The summed E-state index contributed by atoms with van der Waals surface area (Å²) in [6.07, 6.45) is 1.56. The molecule has 0 spiro atoms. The molecule has 0 atom stereocenters. The third-order valence-electron chi connectivity index (χ3n) is 1.51. The van der Waals surface area contributed by atoms with Crippen molar-refractivity contribution in [2.75, 3.05) is 7.11 Å². The first-order valence-corrected chi connectivity index (χ1v) is 3.57. The Morgan fingerprint density at radius 3 is 2.58 bits per heavy atom. The Morgan fingerprint density at radius 2 is 2.17 bits per heavy atom. The molecule has 0 saturated carbocycles. The molecule has 0 aliphatic rings. The van der Waals surface area contributed by atoms with E-state index < -0.39 is 7.32 Å². The number of aryl methyl sites for hydroxylation is 2. The molecule has 5 heteroatoms. The Balaban J connectivity index is 2.73. The van der Waals surface area contributed by atoms with Gasteiger partial charge in [0.1, 0.15) is 11.5 Å². The van der Waals surface area contributed by atoms with Gasteiger partial charge in [0, 0.05) is 12.7 Å². The molecule has 1 aromatic heterocycles. The smallest absolute Gasteiger partial charge is 0.509 e. The van der Waals surface area contributed by atoms with Gasteiger partial charge in [0.2, 0.25) is 0 Å². The average molecular weight is 170 g/mol. The summed E-state index contributed by atoms with van der Waals surface area (Å²) < 4.78 is 14.6. The van der Waals surface area contributed by atoms with Gasteiger partial charge in [0.25, 0.3) is 0 Å². The van der Waals surface area contributed by atoms with Crippen LogP contribution in [-0.2, 0) is 4.65 Å². The van der Waals surface area contributed by atoms with Crippen molar-refractivity contribution in [1.29, 1.82) is 0 Å². The molecule has 0 unspecified atom stereocenters. The zero-order valence-corrected chi connectivity index (χ0v) is 7.33. The lowest BCUT2D eigenvalue weighted by Crippen LogP contribution is -2.24. The van der Waals surface area contributed by atoms with Crippen molar-refractivity contribution < 1.29 is 18.7 Å². The highest BCUT2D eigenvalue weighted by atomic mass is 16.7. The summed E-state index contributed by atoms with van der Waals surface area (Å²) in [5.41, 5.74) is 0.837. The lowest BCUT2D eigenvalue weighted by Gasteiger charge is -2.06. The predicted molar refractivity (Wildman–Crippen MR) is 43.8 cm³/mol. The lowest BCUT2D eigenvalue weighted by atomic mass is 10.2. The quantitative estimate of drug-likeness (QED) is 0.684. The van der Waals surface area contributed by atoms with Crippen LogP contribution in [0.1, 0.15) is 11.3 Å². The van der Waals surface area contributed by atoms with E-state index in [1.807, 2.05) is 6.92 Å². The van der Waals surface area contributed by atoms with Gasteiger partial charge in [0.15, 0.2) is 0 Å². The maximum absolute atomic E-state index is 8.99. The van der Waals surface area contributed by atoms with E-state index in [0.717, 1.165) is 5.56 Å². The molecule has 66 valence electrons. The van der Waals surface area contributed by atoms with Crippen molar-refractivity contribution >= 4 is 7.32 Å². The summed E-state index contributed by atoms with van der Waals surface area (Å²) in [5.74, 6) is 1.16. The lowest BCUT2D eigenvalue weighted by molar-refractivity contribution is 0.236. The molecule has 0 bridgehead atoms. The largest absolute Gasteiger partial charge is 0.710 e. The van der Waals surface area contributed by atoms with Gasteiger partial charge in [-0.25, -0.2) is 0 Å². The number of rotatable bonds is 3. The van der Waals surface area contributed by atoms with Gasteiger partial charge in [0.05, 0.1) is 6.26 Å². The van der Waals surface area contributed by atoms with E-state index in [1.165, 1.54) is 7.11 Å². The van der Waals surface area contributed by atoms with Crippen LogP contribution in [0.25, 0.3) is 0 Å². The fourth-order valence-corrected chi connectivity index (χ4v) is 0.886. The highest BCUT2D eigenvalue weighted by molar-refractivity contribution is 6.35. The molecule has 0 aliphatic heterocycles. The van der Waals surface area contributed by atoms with Crippen LogP contribution in [0.5, 0.6) is 5.75 Å².